The molecular formula is C39H19N5O. The quantitative estimate of drug-likeness (QED) is 0.206. The average molecular weight is 574 g/mol. The highest BCUT2D eigenvalue weighted by molar-refractivity contribution is 6.17. The fourth-order valence-corrected chi connectivity index (χ4v) is 6.80. The second-order valence-electron chi connectivity index (χ2n) is 11.2. The van der Waals surface area contributed by atoms with Crippen LogP contribution in [0.2, 0.25) is 0 Å². The number of para-hydroxylation sites is 1. The number of hydrogen-bond donors (Lipinski definition) is 0. The molecule has 0 saturated carbocycles. The number of nitriles is 3. The highest BCUT2D eigenvalue weighted by atomic mass is 16.3. The molecule has 0 amide bonds. The molecule has 6 heteroatoms. The molecule has 9 aromatic rings. The summed E-state index contributed by atoms with van der Waals surface area (Å²) in [6.07, 6.45) is 0. The summed E-state index contributed by atoms with van der Waals surface area (Å²) in [6, 6.07) is 44.6. The molecule has 0 N–H and O–H groups in total. The van der Waals surface area contributed by atoms with Crippen molar-refractivity contribution < 1.29 is 4.42 Å². The summed E-state index contributed by atoms with van der Waals surface area (Å²) < 4.78 is 10.7. The number of fused-ring (bicyclic) bond motifs is 9. The number of benzene rings is 6. The summed E-state index contributed by atoms with van der Waals surface area (Å²) >= 11 is 0. The van der Waals surface area contributed by atoms with E-state index in [-0.39, 0.29) is 0 Å². The zero-order valence-electron chi connectivity index (χ0n) is 23.6. The predicted octanol–water partition coefficient (Wildman–Crippen LogP) is 9.40. The first-order valence-corrected chi connectivity index (χ1v) is 14.4. The summed E-state index contributed by atoms with van der Waals surface area (Å²) in [5.74, 6) is 0. The molecule has 0 aliphatic carbocycles. The Kier molecular flexibility index (Phi) is 5.00. The Bertz CT molecular complexity index is 2790. The molecule has 206 valence electrons. The van der Waals surface area contributed by atoms with E-state index >= 15 is 0 Å². The normalized spacial score (nSPS) is 11.5. The van der Waals surface area contributed by atoms with Gasteiger partial charge < -0.3 is 13.6 Å². The fourth-order valence-electron chi connectivity index (χ4n) is 6.80. The van der Waals surface area contributed by atoms with E-state index in [1.807, 2.05) is 78.9 Å². The van der Waals surface area contributed by atoms with Crippen molar-refractivity contribution in [1.29, 1.82) is 15.8 Å². The minimum absolute atomic E-state index is 0.566. The Labute approximate surface area is 256 Å². The third-order valence-corrected chi connectivity index (χ3v) is 8.76. The number of aromatic nitrogens is 2. The van der Waals surface area contributed by atoms with Gasteiger partial charge in [-0.2, -0.15) is 15.8 Å². The molecule has 0 spiro atoms. The first-order chi connectivity index (χ1) is 22.1. The average Bonchev–Trinajstić information content (AvgIpc) is 3.73. The molecule has 0 aliphatic heterocycles. The van der Waals surface area contributed by atoms with Crippen molar-refractivity contribution in [2.45, 2.75) is 0 Å². The molecule has 6 aromatic carbocycles. The SMILES string of the molecule is N#Cc1ccc2c(c1)c1cc(C#N)ccc1n2-c1cccc(-n2c3ccc(C#N)cc3c3cc4c(cc32)oc2ccccc24)c1. The van der Waals surface area contributed by atoms with E-state index in [4.69, 9.17) is 4.42 Å². The second kappa shape index (κ2) is 9.09. The van der Waals surface area contributed by atoms with Crippen molar-refractivity contribution in [1.82, 2.24) is 9.13 Å². The monoisotopic (exact) mass is 573 g/mol. The number of furan rings is 1. The molecule has 9 rings (SSSR count). The van der Waals surface area contributed by atoms with E-state index in [1.165, 1.54) is 0 Å². The largest absolute Gasteiger partial charge is 0.456 e. The summed E-state index contributed by atoms with van der Waals surface area (Å²) in [4.78, 5) is 0. The number of hydrogen-bond acceptors (Lipinski definition) is 4. The van der Waals surface area contributed by atoms with Gasteiger partial charge in [0.25, 0.3) is 0 Å². The Morgan fingerprint density at radius 3 is 1.47 bits per heavy atom. The minimum Gasteiger partial charge on any atom is -0.456 e. The van der Waals surface area contributed by atoms with Gasteiger partial charge >= 0.3 is 0 Å². The van der Waals surface area contributed by atoms with E-state index in [1.54, 1.807) is 0 Å². The Balaban J connectivity index is 1.35. The van der Waals surface area contributed by atoms with E-state index in [9.17, 15) is 15.8 Å². The molecule has 45 heavy (non-hydrogen) atoms. The lowest BCUT2D eigenvalue weighted by atomic mass is 10.1. The third-order valence-electron chi connectivity index (χ3n) is 8.76. The van der Waals surface area contributed by atoms with Gasteiger partial charge in [0.1, 0.15) is 11.2 Å². The van der Waals surface area contributed by atoms with Crippen LogP contribution in [0.5, 0.6) is 0 Å². The summed E-state index contributed by atoms with van der Waals surface area (Å²) in [5.41, 5.74) is 9.11. The van der Waals surface area contributed by atoms with Gasteiger partial charge in [0, 0.05) is 49.8 Å². The summed E-state index contributed by atoms with van der Waals surface area (Å²) in [7, 11) is 0. The van der Waals surface area contributed by atoms with Crippen LogP contribution in [0, 0.1) is 34.0 Å². The predicted molar refractivity (Wildman–Crippen MR) is 177 cm³/mol. The highest BCUT2D eigenvalue weighted by Gasteiger charge is 2.19. The van der Waals surface area contributed by atoms with Crippen molar-refractivity contribution in [2.24, 2.45) is 0 Å². The summed E-state index contributed by atoms with van der Waals surface area (Å²) in [6.45, 7) is 0. The lowest BCUT2D eigenvalue weighted by Crippen LogP contribution is -1.98. The fraction of sp³-hybridized carbons (Fsp3) is 0. The Hall–Kier alpha value is -6.81. The van der Waals surface area contributed by atoms with Crippen LogP contribution in [-0.4, -0.2) is 9.13 Å². The maximum absolute atomic E-state index is 9.74. The van der Waals surface area contributed by atoms with Crippen molar-refractivity contribution >= 4 is 65.6 Å². The molecule has 0 bridgehead atoms. The first kappa shape index (κ1) is 24.8. The number of nitrogens with zero attached hydrogens (tertiary/aromatic N) is 5. The van der Waals surface area contributed by atoms with Crippen molar-refractivity contribution in [2.75, 3.05) is 0 Å². The van der Waals surface area contributed by atoms with Gasteiger partial charge in [0.2, 0.25) is 0 Å². The molecule has 0 aliphatic rings. The van der Waals surface area contributed by atoms with Crippen LogP contribution in [0.3, 0.4) is 0 Å². The second-order valence-corrected chi connectivity index (χ2v) is 11.2. The molecule has 0 unspecified atom stereocenters. The Morgan fingerprint density at radius 2 is 0.911 bits per heavy atom. The van der Waals surface area contributed by atoms with Gasteiger partial charge in [0.15, 0.2) is 0 Å². The molecule has 0 atom stereocenters. The molecule has 0 radical (unpaired) electrons. The van der Waals surface area contributed by atoms with E-state index in [2.05, 4.69) is 63.7 Å². The lowest BCUT2D eigenvalue weighted by Gasteiger charge is -2.13. The lowest BCUT2D eigenvalue weighted by molar-refractivity contribution is 0.669. The molecule has 0 saturated heterocycles. The van der Waals surface area contributed by atoms with Gasteiger partial charge in [-0.3, -0.25) is 0 Å². The van der Waals surface area contributed by atoms with Crippen molar-refractivity contribution in [3.05, 3.63) is 132 Å². The van der Waals surface area contributed by atoms with Crippen LogP contribution >= 0.6 is 0 Å². The van der Waals surface area contributed by atoms with Crippen LogP contribution < -0.4 is 0 Å². The van der Waals surface area contributed by atoms with Crippen LogP contribution in [-0.2, 0) is 0 Å². The van der Waals surface area contributed by atoms with E-state index in [0.717, 1.165) is 76.9 Å². The minimum atomic E-state index is 0.566. The zero-order chi connectivity index (χ0) is 30.2. The van der Waals surface area contributed by atoms with Crippen LogP contribution in [0.4, 0.5) is 0 Å². The molecule has 0 fully saturated rings. The van der Waals surface area contributed by atoms with Crippen LogP contribution in [0.15, 0.2) is 120 Å². The van der Waals surface area contributed by atoms with E-state index < -0.39 is 0 Å². The maximum atomic E-state index is 9.74. The van der Waals surface area contributed by atoms with Crippen molar-refractivity contribution in [3.63, 3.8) is 0 Å². The molecular weight excluding hydrogens is 554 g/mol. The standard InChI is InChI=1S/C39H19N5O/c40-20-23-8-11-34-29(14-23)30-15-24(21-41)9-12-35(30)43(34)26-4-3-5-27(17-26)44-36-13-10-25(22-42)16-31(36)32-18-33-28-6-1-2-7-38(28)45-39(33)19-37(32)44/h1-19H. The first-order valence-electron chi connectivity index (χ1n) is 14.4. The zero-order valence-corrected chi connectivity index (χ0v) is 23.6. The summed E-state index contributed by atoms with van der Waals surface area (Å²) in [5, 5.41) is 34.9. The van der Waals surface area contributed by atoms with Gasteiger partial charge in [-0.1, -0.05) is 24.3 Å². The highest BCUT2D eigenvalue weighted by Crippen LogP contribution is 2.39. The maximum Gasteiger partial charge on any atom is 0.137 e. The van der Waals surface area contributed by atoms with Crippen LogP contribution in [0.25, 0.3) is 76.9 Å². The van der Waals surface area contributed by atoms with Gasteiger partial charge in [-0.25, -0.2) is 0 Å². The van der Waals surface area contributed by atoms with Gasteiger partial charge in [0.05, 0.1) is 57.0 Å². The Morgan fingerprint density at radius 1 is 0.400 bits per heavy atom. The molecule has 3 heterocycles. The van der Waals surface area contributed by atoms with Crippen molar-refractivity contribution in [3.8, 4) is 29.6 Å². The van der Waals surface area contributed by atoms with Gasteiger partial charge in [-0.05, 0) is 84.9 Å². The van der Waals surface area contributed by atoms with Gasteiger partial charge in [-0.15, -0.1) is 0 Å². The van der Waals surface area contributed by atoms with Crippen LogP contribution in [0.1, 0.15) is 16.7 Å². The van der Waals surface area contributed by atoms with E-state index in [0.29, 0.717) is 16.7 Å². The smallest absolute Gasteiger partial charge is 0.137 e. The molecule has 3 aromatic heterocycles. The number of rotatable bonds is 2. The molecule has 6 nitrogen and oxygen atoms in total. The topological polar surface area (TPSA) is 94.4 Å². The third kappa shape index (κ3) is 3.47.